The molecule has 49 heavy (non-hydrogen) atoms. The summed E-state index contributed by atoms with van der Waals surface area (Å²) in [6.07, 6.45) is -9.66. The van der Waals surface area contributed by atoms with Crippen LogP contribution in [0.2, 0.25) is 0 Å². The van der Waals surface area contributed by atoms with Crippen molar-refractivity contribution < 1.29 is 79.7 Å². The third-order valence-corrected chi connectivity index (χ3v) is 7.67. The van der Waals surface area contributed by atoms with Crippen LogP contribution in [0.3, 0.4) is 0 Å². The summed E-state index contributed by atoms with van der Waals surface area (Å²) < 4.78 is 16.7. The van der Waals surface area contributed by atoms with Crippen LogP contribution in [-0.4, -0.2) is 99.8 Å². The number of carbonyl (C=O) groups excluding carboxylic acids is 3. The average Bonchev–Trinajstić information content (AvgIpc) is 3.06. The molecule has 5 atom stereocenters. The summed E-state index contributed by atoms with van der Waals surface area (Å²) in [6.45, 7) is -1.00. The molecule has 0 amide bonds. The van der Waals surface area contributed by atoms with E-state index >= 15 is 0 Å². The van der Waals surface area contributed by atoms with Gasteiger partial charge in [0.2, 0.25) is 5.78 Å². The molecule has 16 nitrogen and oxygen atoms in total. The fourth-order valence-corrected chi connectivity index (χ4v) is 5.21. The van der Waals surface area contributed by atoms with Crippen molar-refractivity contribution in [1.82, 2.24) is 0 Å². The highest BCUT2D eigenvalue weighted by Crippen LogP contribution is 2.48. The molecule has 4 aromatic carbocycles. The summed E-state index contributed by atoms with van der Waals surface area (Å²) in [5, 5.41) is 103. The van der Waals surface area contributed by atoms with Crippen LogP contribution in [0.1, 0.15) is 48.3 Å². The molecule has 10 N–H and O–H groups in total. The fraction of sp³-hybridized carbons (Fsp3) is 0.182. The van der Waals surface area contributed by atoms with Gasteiger partial charge in [0, 0.05) is 11.6 Å². The first-order chi connectivity index (χ1) is 23.2. The fourth-order valence-electron chi connectivity index (χ4n) is 5.21. The first-order valence-electron chi connectivity index (χ1n) is 14.2. The van der Waals surface area contributed by atoms with E-state index in [1.54, 1.807) is 0 Å². The Hall–Kier alpha value is -6.23. The second kappa shape index (κ2) is 13.5. The Kier molecular flexibility index (Phi) is 9.38. The highest BCUT2D eigenvalue weighted by atomic mass is 16.6. The minimum absolute atomic E-state index is 0.119. The van der Waals surface area contributed by atoms with Crippen molar-refractivity contribution >= 4 is 17.7 Å². The normalized spacial score (nSPS) is 20.3. The van der Waals surface area contributed by atoms with Gasteiger partial charge in [0.15, 0.2) is 29.5 Å². The van der Waals surface area contributed by atoms with Gasteiger partial charge in [0.25, 0.3) is 0 Å². The SMILES string of the molecule is O=C(O[C@@H]1[C@@H](O)[C@H](OC(=O)c2cc(O)c(O)c(O)c2)[C@@H](CO)O[C@H]1c1c(O)cc(O)c(C(=O)c2ccc(O)cc2)c1O)c1ccc(O)cc1. The highest BCUT2D eigenvalue weighted by Gasteiger charge is 2.51. The zero-order chi connectivity index (χ0) is 35.7. The molecule has 1 aliphatic heterocycles. The number of hydrogen-bond donors (Lipinski definition) is 10. The first kappa shape index (κ1) is 34.1. The number of aliphatic hydroxyl groups is 2. The number of benzene rings is 4. The first-order valence-corrected chi connectivity index (χ1v) is 14.2. The summed E-state index contributed by atoms with van der Waals surface area (Å²) in [6, 6.07) is 11.4. The van der Waals surface area contributed by atoms with E-state index in [2.05, 4.69) is 0 Å². The van der Waals surface area contributed by atoms with Crippen molar-refractivity contribution in [3.05, 3.63) is 94.5 Å². The monoisotopic (exact) mass is 680 g/mol. The third kappa shape index (κ3) is 6.64. The van der Waals surface area contributed by atoms with Crippen molar-refractivity contribution in [3.63, 3.8) is 0 Å². The number of ketones is 1. The van der Waals surface area contributed by atoms with Crippen molar-refractivity contribution in [1.29, 1.82) is 0 Å². The molecule has 0 saturated carbocycles. The molecule has 256 valence electrons. The Bertz CT molecular complexity index is 1880. The molecule has 0 bridgehead atoms. The minimum atomic E-state index is -2.14. The van der Waals surface area contributed by atoms with E-state index in [0.717, 1.165) is 48.5 Å². The molecule has 0 radical (unpaired) electrons. The van der Waals surface area contributed by atoms with Crippen LogP contribution in [0.15, 0.2) is 66.7 Å². The number of carbonyl (C=O) groups is 3. The maximum absolute atomic E-state index is 13.4. The van der Waals surface area contributed by atoms with E-state index in [-0.39, 0.29) is 22.6 Å². The number of rotatable bonds is 8. The maximum atomic E-state index is 13.4. The van der Waals surface area contributed by atoms with Crippen molar-refractivity contribution in [2.24, 2.45) is 0 Å². The Labute approximate surface area is 275 Å². The van der Waals surface area contributed by atoms with Gasteiger partial charge >= 0.3 is 11.9 Å². The van der Waals surface area contributed by atoms with E-state index in [1.165, 1.54) is 12.1 Å². The standard InChI is InChI=1S/C33H28O16/c34-12-22-29(48-33(46)15-9-20(39)26(42)21(40)10-15)28(44)31(49-32(45)14-3-7-17(36)8-4-14)30(47-22)24-19(38)11-18(37)23(27(24)43)25(41)13-1-5-16(35)6-2-13/h1-11,22,28-31,34-40,42-44H,12H2/t22-,28+,29-,30+,31-/m1/s1. The molecule has 16 heteroatoms. The predicted molar refractivity (Wildman–Crippen MR) is 162 cm³/mol. The van der Waals surface area contributed by atoms with Crippen molar-refractivity contribution in [2.75, 3.05) is 6.61 Å². The second-order valence-corrected chi connectivity index (χ2v) is 10.8. The van der Waals surface area contributed by atoms with E-state index in [4.69, 9.17) is 14.2 Å². The Morgan fingerprint density at radius 1 is 0.612 bits per heavy atom. The van der Waals surface area contributed by atoms with Gasteiger partial charge in [-0.2, -0.15) is 0 Å². The Balaban J connectivity index is 1.58. The summed E-state index contributed by atoms with van der Waals surface area (Å²) in [5.74, 6) is -9.49. The largest absolute Gasteiger partial charge is 0.508 e. The zero-order valence-corrected chi connectivity index (χ0v) is 24.9. The van der Waals surface area contributed by atoms with Crippen molar-refractivity contribution in [3.8, 4) is 46.0 Å². The van der Waals surface area contributed by atoms with E-state index in [9.17, 15) is 65.4 Å². The third-order valence-electron chi connectivity index (χ3n) is 7.67. The number of aromatic hydroxyl groups is 8. The molecule has 1 aliphatic rings. The molecule has 0 aliphatic carbocycles. The lowest BCUT2D eigenvalue weighted by Crippen LogP contribution is -2.58. The highest BCUT2D eigenvalue weighted by molar-refractivity contribution is 6.13. The molecule has 5 rings (SSSR count). The summed E-state index contributed by atoms with van der Waals surface area (Å²) >= 11 is 0. The lowest BCUT2D eigenvalue weighted by atomic mass is 9.87. The molecular formula is C33H28O16. The number of phenolic OH excluding ortho intramolecular Hbond substituents is 8. The van der Waals surface area contributed by atoms with Gasteiger partial charge in [-0.25, -0.2) is 9.59 Å². The quantitative estimate of drug-likeness (QED) is 0.0721. The zero-order valence-electron chi connectivity index (χ0n) is 24.9. The smallest absolute Gasteiger partial charge is 0.338 e. The van der Waals surface area contributed by atoms with Crippen LogP contribution in [-0.2, 0) is 14.2 Å². The molecule has 0 aromatic heterocycles. The van der Waals surface area contributed by atoms with E-state index in [0.29, 0.717) is 6.07 Å². The van der Waals surface area contributed by atoms with Crippen LogP contribution >= 0.6 is 0 Å². The summed E-state index contributed by atoms with van der Waals surface area (Å²) in [4.78, 5) is 39.6. The molecular weight excluding hydrogens is 652 g/mol. The van der Waals surface area contributed by atoms with Crippen molar-refractivity contribution in [2.45, 2.75) is 30.5 Å². The lowest BCUT2D eigenvalue weighted by molar-refractivity contribution is -0.232. The van der Waals surface area contributed by atoms with Crippen LogP contribution in [0.4, 0.5) is 0 Å². The van der Waals surface area contributed by atoms with Gasteiger partial charge in [0.05, 0.1) is 23.3 Å². The molecule has 4 aromatic rings. The van der Waals surface area contributed by atoms with Gasteiger partial charge in [-0.3, -0.25) is 4.79 Å². The molecule has 0 spiro atoms. The van der Waals surface area contributed by atoms with Crippen LogP contribution in [0.25, 0.3) is 0 Å². The van der Waals surface area contributed by atoms with Gasteiger partial charge in [-0.1, -0.05) is 0 Å². The van der Waals surface area contributed by atoms with Crippen LogP contribution in [0, 0.1) is 0 Å². The molecule has 1 heterocycles. The predicted octanol–water partition coefficient (Wildman–Crippen LogP) is 1.81. The molecule has 0 unspecified atom stereocenters. The second-order valence-electron chi connectivity index (χ2n) is 10.8. The van der Waals surface area contributed by atoms with Crippen LogP contribution < -0.4 is 0 Å². The minimum Gasteiger partial charge on any atom is -0.508 e. The Morgan fingerprint density at radius 3 is 1.67 bits per heavy atom. The molecule has 1 saturated heterocycles. The topological polar surface area (TPSA) is 281 Å². The van der Waals surface area contributed by atoms with Gasteiger partial charge in [-0.05, 0) is 60.7 Å². The van der Waals surface area contributed by atoms with E-state index < -0.39 is 106 Å². The Morgan fingerprint density at radius 2 is 1.12 bits per heavy atom. The number of hydrogen-bond acceptors (Lipinski definition) is 16. The van der Waals surface area contributed by atoms with E-state index in [1.807, 2.05) is 0 Å². The lowest BCUT2D eigenvalue weighted by Gasteiger charge is -2.43. The number of esters is 2. The van der Waals surface area contributed by atoms with Crippen LogP contribution in [0.5, 0.6) is 46.0 Å². The molecule has 1 fully saturated rings. The summed E-state index contributed by atoms with van der Waals surface area (Å²) in [7, 11) is 0. The summed E-state index contributed by atoms with van der Waals surface area (Å²) in [5.41, 5.74) is -2.27. The van der Waals surface area contributed by atoms with Gasteiger partial charge < -0.3 is 65.3 Å². The number of phenols is 8. The average molecular weight is 681 g/mol. The number of ether oxygens (including phenoxy) is 3. The van der Waals surface area contributed by atoms with Gasteiger partial charge in [-0.15, -0.1) is 0 Å². The maximum Gasteiger partial charge on any atom is 0.338 e. The number of aliphatic hydroxyl groups excluding tert-OH is 2. The van der Waals surface area contributed by atoms with Gasteiger partial charge in [0.1, 0.15) is 52.6 Å².